The van der Waals surface area contributed by atoms with Gasteiger partial charge in [0.25, 0.3) is 0 Å². The zero-order valence-corrected chi connectivity index (χ0v) is 19.4. The van der Waals surface area contributed by atoms with Gasteiger partial charge in [0.2, 0.25) is 6.10 Å². The number of hydrogen-bond donors (Lipinski definition) is 0. The fourth-order valence-electron chi connectivity index (χ4n) is 3.81. The van der Waals surface area contributed by atoms with Crippen molar-refractivity contribution in [2.24, 2.45) is 17.3 Å². The highest BCUT2D eigenvalue weighted by Gasteiger charge is 2.62. The van der Waals surface area contributed by atoms with Gasteiger partial charge in [0.05, 0.1) is 12.5 Å². The third-order valence-corrected chi connectivity index (χ3v) is 5.84. The number of esters is 2. The van der Waals surface area contributed by atoms with Gasteiger partial charge in [-0.15, -0.1) is 0 Å². The van der Waals surface area contributed by atoms with Crippen molar-refractivity contribution in [1.29, 1.82) is 5.26 Å². The molecule has 6 heteroatoms. The Morgan fingerprint density at radius 2 is 1.82 bits per heavy atom. The highest BCUT2D eigenvalue weighted by Crippen LogP contribution is 2.60. The highest BCUT2D eigenvalue weighted by atomic mass is 16.5. The van der Waals surface area contributed by atoms with E-state index >= 15 is 0 Å². The van der Waals surface area contributed by atoms with Crippen LogP contribution in [0.3, 0.4) is 0 Å². The van der Waals surface area contributed by atoms with Gasteiger partial charge in [-0.2, -0.15) is 5.26 Å². The highest BCUT2D eigenvalue weighted by molar-refractivity contribution is 5.88. The standard InChI is InChI=1S/C27H29NO5/c1-5-14-31-25(29)18(2)15-22-24(27(22,3)4)26(30)33-23(17-28)19-10-9-13-21(16-19)32-20-11-7-6-8-12-20/h6-13,15-16,22-24H,5,14H2,1-4H3/b18-15+/t22-,23?,24+/m1/s1. The number of allylic oxidation sites excluding steroid dienone is 1. The Kier molecular flexibility index (Phi) is 7.55. The van der Waals surface area contributed by atoms with Crippen LogP contribution in [0.2, 0.25) is 0 Å². The Bertz CT molecular complexity index is 1070. The number of carbonyl (C=O) groups is 2. The zero-order chi connectivity index (χ0) is 24.0. The second kappa shape index (κ2) is 10.4. The molecule has 1 saturated carbocycles. The summed E-state index contributed by atoms with van der Waals surface area (Å²) in [6.45, 7) is 7.86. The van der Waals surface area contributed by atoms with E-state index in [0.29, 0.717) is 29.2 Å². The molecule has 33 heavy (non-hydrogen) atoms. The number of para-hydroxylation sites is 1. The van der Waals surface area contributed by atoms with Gasteiger partial charge < -0.3 is 14.2 Å². The second-order valence-corrected chi connectivity index (χ2v) is 8.74. The van der Waals surface area contributed by atoms with E-state index in [1.54, 1.807) is 37.3 Å². The molecule has 2 aromatic rings. The summed E-state index contributed by atoms with van der Waals surface area (Å²) in [5.41, 5.74) is 0.630. The maximum absolute atomic E-state index is 12.9. The average Bonchev–Trinajstić information content (AvgIpc) is 3.35. The number of ether oxygens (including phenoxy) is 3. The van der Waals surface area contributed by atoms with E-state index in [1.165, 1.54) is 0 Å². The van der Waals surface area contributed by atoms with Crippen LogP contribution >= 0.6 is 0 Å². The summed E-state index contributed by atoms with van der Waals surface area (Å²) in [4.78, 5) is 25.0. The van der Waals surface area contributed by atoms with Crippen molar-refractivity contribution < 1.29 is 23.8 Å². The minimum absolute atomic E-state index is 0.161. The molecule has 2 aromatic carbocycles. The molecule has 1 unspecified atom stereocenters. The SMILES string of the molecule is CCCOC(=O)/C(C)=C/[C@@H]1[C@@H](C(=O)OC(C#N)c2cccc(Oc3ccccc3)c2)C1(C)C. The molecule has 172 valence electrons. The molecule has 3 rings (SSSR count). The smallest absolute Gasteiger partial charge is 0.333 e. The van der Waals surface area contributed by atoms with Crippen LogP contribution in [-0.4, -0.2) is 18.5 Å². The van der Waals surface area contributed by atoms with Crippen molar-refractivity contribution in [3.63, 3.8) is 0 Å². The Balaban J connectivity index is 1.68. The minimum atomic E-state index is -1.06. The lowest BCUT2D eigenvalue weighted by atomic mass is 10.1. The van der Waals surface area contributed by atoms with Gasteiger partial charge in [0, 0.05) is 11.1 Å². The predicted molar refractivity (Wildman–Crippen MR) is 123 cm³/mol. The summed E-state index contributed by atoms with van der Waals surface area (Å²) in [7, 11) is 0. The molecule has 0 bridgehead atoms. The van der Waals surface area contributed by atoms with Crippen molar-refractivity contribution in [3.8, 4) is 17.6 Å². The van der Waals surface area contributed by atoms with E-state index in [2.05, 4.69) is 6.07 Å². The quantitative estimate of drug-likeness (QED) is 0.359. The van der Waals surface area contributed by atoms with Gasteiger partial charge in [0.15, 0.2) is 0 Å². The van der Waals surface area contributed by atoms with Gasteiger partial charge in [0.1, 0.15) is 17.6 Å². The average molecular weight is 448 g/mol. The van der Waals surface area contributed by atoms with Crippen molar-refractivity contribution >= 4 is 11.9 Å². The normalized spacial score (nSPS) is 19.7. The molecule has 1 aliphatic rings. The van der Waals surface area contributed by atoms with Crippen LogP contribution in [-0.2, 0) is 19.1 Å². The van der Waals surface area contributed by atoms with E-state index in [1.807, 2.05) is 51.1 Å². The Morgan fingerprint density at radius 3 is 2.48 bits per heavy atom. The lowest BCUT2D eigenvalue weighted by molar-refractivity contribution is -0.149. The zero-order valence-electron chi connectivity index (χ0n) is 19.4. The van der Waals surface area contributed by atoms with Gasteiger partial charge in [-0.1, -0.05) is 57.2 Å². The summed E-state index contributed by atoms with van der Waals surface area (Å²) < 4.78 is 16.6. The Morgan fingerprint density at radius 1 is 1.12 bits per heavy atom. The van der Waals surface area contributed by atoms with Crippen molar-refractivity contribution in [2.45, 2.75) is 40.2 Å². The monoisotopic (exact) mass is 447 g/mol. The molecule has 0 amide bonds. The first-order valence-corrected chi connectivity index (χ1v) is 11.1. The van der Waals surface area contributed by atoms with Crippen LogP contribution < -0.4 is 4.74 Å². The summed E-state index contributed by atoms with van der Waals surface area (Å²) in [6.07, 6.45) is 1.46. The molecule has 0 spiro atoms. The molecule has 0 N–H and O–H groups in total. The van der Waals surface area contributed by atoms with Crippen molar-refractivity contribution in [1.82, 2.24) is 0 Å². The van der Waals surface area contributed by atoms with Gasteiger partial charge in [-0.3, -0.25) is 4.79 Å². The third kappa shape index (κ3) is 5.81. The van der Waals surface area contributed by atoms with Crippen LogP contribution in [0.15, 0.2) is 66.2 Å². The molecular weight excluding hydrogens is 418 g/mol. The first kappa shape index (κ1) is 24.1. The predicted octanol–water partition coefficient (Wildman–Crippen LogP) is 5.76. The lowest BCUT2D eigenvalue weighted by Crippen LogP contribution is -2.14. The molecule has 6 nitrogen and oxygen atoms in total. The van der Waals surface area contributed by atoms with Gasteiger partial charge in [-0.25, -0.2) is 4.79 Å². The van der Waals surface area contributed by atoms with E-state index < -0.39 is 18.0 Å². The largest absolute Gasteiger partial charge is 0.462 e. The first-order valence-electron chi connectivity index (χ1n) is 11.1. The number of carbonyl (C=O) groups excluding carboxylic acids is 2. The van der Waals surface area contributed by atoms with Crippen LogP contribution in [0.5, 0.6) is 11.5 Å². The third-order valence-electron chi connectivity index (χ3n) is 5.84. The van der Waals surface area contributed by atoms with Gasteiger partial charge in [-0.05, 0) is 48.9 Å². The van der Waals surface area contributed by atoms with E-state index in [4.69, 9.17) is 14.2 Å². The van der Waals surface area contributed by atoms with Crippen LogP contribution in [0, 0.1) is 28.6 Å². The first-order chi connectivity index (χ1) is 15.8. The second-order valence-electron chi connectivity index (χ2n) is 8.74. The summed E-state index contributed by atoms with van der Waals surface area (Å²) in [5, 5.41) is 9.67. The Hall–Kier alpha value is -3.59. The van der Waals surface area contributed by atoms with E-state index in [0.717, 1.165) is 6.42 Å². The van der Waals surface area contributed by atoms with Crippen molar-refractivity contribution in [3.05, 3.63) is 71.8 Å². The minimum Gasteiger partial charge on any atom is -0.462 e. The number of nitrogens with zero attached hydrogens (tertiary/aromatic N) is 1. The maximum Gasteiger partial charge on any atom is 0.333 e. The molecule has 0 saturated heterocycles. The van der Waals surface area contributed by atoms with Crippen molar-refractivity contribution in [2.75, 3.05) is 6.61 Å². The summed E-state index contributed by atoms with van der Waals surface area (Å²) in [5.74, 6) is -0.225. The Labute approximate surface area is 194 Å². The van der Waals surface area contributed by atoms with Crippen LogP contribution in [0.1, 0.15) is 45.8 Å². The molecule has 3 atom stereocenters. The number of rotatable bonds is 9. The lowest BCUT2D eigenvalue weighted by Gasteiger charge is -2.13. The topological polar surface area (TPSA) is 85.6 Å². The molecule has 0 aromatic heterocycles. The molecule has 1 fully saturated rings. The number of benzene rings is 2. The fraction of sp³-hybridized carbons (Fsp3) is 0.370. The molecule has 1 aliphatic carbocycles. The molecular formula is C27H29NO5. The summed E-state index contributed by atoms with van der Waals surface area (Å²) >= 11 is 0. The summed E-state index contributed by atoms with van der Waals surface area (Å²) in [6, 6.07) is 18.3. The maximum atomic E-state index is 12.9. The van der Waals surface area contributed by atoms with Crippen LogP contribution in [0.25, 0.3) is 0 Å². The fourth-order valence-corrected chi connectivity index (χ4v) is 3.81. The van der Waals surface area contributed by atoms with Gasteiger partial charge >= 0.3 is 11.9 Å². The number of hydrogen-bond acceptors (Lipinski definition) is 6. The number of nitriles is 1. The van der Waals surface area contributed by atoms with E-state index in [-0.39, 0.29) is 17.3 Å². The van der Waals surface area contributed by atoms with E-state index in [9.17, 15) is 14.9 Å². The van der Waals surface area contributed by atoms with Crippen LogP contribution in [0.4, 0.5) is 0 Å². The molecule has 0 heterocycles. The molecule has 0 radical (unpaired) electrons. The molecule has 0 aliphatic heterocycles.